The largest absolute Gasteiger partial charge is 0.465 e. The van der Waals surface area contributed by atoms with Crippen LogP contribution in [0.1, 0.15) is 12.8 Å². The van der Waals surface area contributed by atoms with E-state index in [1.54, 1.807) is 6.07 Å². The molecule has 106 valence electrons. The first kappa shape index (κ1) is 13.4. The second-order valence-electron chi connectivity index (χ2n) is 5.10. The first-order valence-corrected chi connectivity index (χ1v) is 7.04. The van der Waals surface area contributed by atoms with Gasteiger partial charge in [0.15, 0.2) is 5.82 Å². The van der Waals surface area contributed by atoms with E-state index >= 15 is 0 Å². The van der Waals surface area contributed by atoms with Gasteiger partial charge in [0, 0.05) is 6.04 Å². The molecule has 1 saturated heterocycles. The summed E-state index contributed by atoms with van der Waals surface area (Å²) in [6.07, 6.45) is 0.240. The molecule has 0 unspecified atom stereocenters. The summed E-state index contributed by atoms with van der Waals surface area (Å²) in [6.45, 7) is 0. The zero-order valence-electron chi connectivity index (χ0n) is 10.3. The number of piperidine rings is 1. The summed E-state index contributed by atoms with van der Waals surface area (Å²) >= 11 is 3.04. The average Bonchev–Trinajstić information content (AvgIpc) is 3.04. The summed E-state index contributed by atoms with van der Waals surface area (Å²) in [5.41, 5.74) is 0.0512. The highest BCUT2D eigenvalue weighted by molar-refractivity contribution is 9.10. The van der Waals surface area contributed by atoms with Crippen LogP contribution in [-0.2, 0) is 4.79 Å². The minimum Gasteiger partial charge on any atom is -0.465 e. The SMILES string of the molecule is O=C(Nc1cccc(Br)c1F)[C@@H]1C[C@H]2C[C@H]2N1C(=O)O. The molecule has 1 heterocycles. The topological polar surface area (TPSA) is 69.6 Å². The third kappa shape index (κ3) is 2.15. The van der Waals surface area contributed by atoms with Crippen molar-refractivity contribution in [3.8, 4) is 0 Å². The molecule has 2 N–H and O–H groups in total. The van der Waals surface area contributed by atoms with Gasteiger partial charge in [-0.1, -0.05) is 6.07 Å². The van der Waals surface area contributed by atoms with Gasteiger partial charge < -0.3 is 10.4 Å². The first-order chi connectivity index (χ1) is 9.49. The van der Waals surface area contributed by atoms with Crippen molar-refractivity contribution in [3.63, 3.8) is 0 Å². The Morgan fingerprint density at radius 3 is 2.85 bits per heavy atom. The van der Waals surface area contributed by atoms with Gasteiger partial charge in [-0.25, -0.2) is 9.18 Å². The molecule has 7 heteroatoms. The molecule has 1 aromatic rings. The number of amides is 2. The zero-order chi connectivity index (χ0) is 14.4. The predicted octanol–water partition coefficient (Wildman–Crippen LogP) is 2.67. The number of carbonyl (C=O) groups excluding carboxylic acids is 1. The van der Waals surface area contributed by atoms with Crippen LogP contribution in [-0.4, -0.2) is 34.1 Å². The van der Waals surface area contributed by atoms with Crippen molar-refractivity contribution < 1.29 is 19.1 Å². The van der Waals surface area contributed by atoms with Crippen LogP contribution in [0, 0.1) is 11.7 Å². The maximum absolute atomic E-state index is 13.8. The van der Waals surface area contributed by atoms with E-state index in [1.165, 1.54) is 17.0 Å². The van der Waals surface area contributed by atoms with Crippen molar-refractivity contribution >= 4 is 33.6 Å². The summed E-state index contributed by atoms with van der Waals surface area (Å²) in [7, 11) is 0. The lowest BCUT2D eigenvalue weighted by atomic mass is 10.1. The summed E-state index contributed by atoms with van der Waals surface area (Å²) in [4.78, 5) is 24.5. The molecule has 2 amide bonds. The normalized spacial score (nSPS) is 27.1. The van der Waals surface area contributed by atoms with E-state index in [-0.39, 0.29) is 22.1 Å². The monoisotopic (exact) mass is 342 g/mol. The highest BCUT2D eigenvalue weighted by atomic mass is 79.9. The van der Waals surface area contributed by atoms with Gasteiger partial charge in [0.05, 0.1) is 10.2 Å². The number of nitrogens with one attached hydrogen (secondary N) is 1. The second-order valence-corrected chi connectivity index (χ2v) is 5.95. The van der Waals surface area contributed by atoms with Crippen LogP contribution in [0.5, 0.6) is 0 Å². The number of rotatable bonds is 2. The highest BCUT2D eigenvalue weighted by Gasteiger charge is 2.56. The van der Waals surface area contributed by atoms with Gasteiger partial charge in [-0.3, -0.25) is 9.69 Å². The van der Waals surface area contributed by atoms with Gasteiger partial charge in [0.1, 0.15) is 6.04 Å². The molecule has 1 aromatic carbocycles. The fourth-order valence-corrected chi connectivity index (χ4v) is 3.15. The molecule has 1 saturated carbocycles. The molecule has 5 nitrogen and oxygen atoms in total. The zero-order valence-corrected chi connectivity index (χ0v) is 11.9. The molecule has 2 fully saturated rings. The number of hydrogen-bond acceptors (Lipinski definition) is 2. The van der Waals surface area contributed by atoms with Crippen LogP contribution in [0.15, 0.2) is 22.7 Å². The summed E-state index contributed by atoms with van der Waals surface area (Å²) in [6, 6.07) is 3.80. The summed E-state index contributed by atoms with van der Waals surface area (Å²) < 4.78 is 14.0. The molecule has 0 radical (unpaired) electrons. The van der Waals surface area contributed by atoms with E-state index < -0.39 is 23.9 Å². The van der Waals surface area contributed by atoms with Crippen molar-refractivity contribution in [1.82, 2.24) is 4.90 Å². The van der Waals surface area contributed by atoms with Crippen LogP contribution in [0.25, 0.3) is 0 Å². The number of benzene rings is 1. The summed E-state index contributed by atoms with van der Waals surface area (Å²) in [5.74, 6) is -0.767. The van der Waals surface area contributed by atoms with Crippen LogP contribution >= 0.6 is 15.9 Å². The molecular weight excluding hydrogens is 331 g/mol. The molecule has 1 aliphatic heterocycles. The minimum absolute atomic E-state index is 0.0457. The van der Waals surface area contributed by atoms with E-state index in [0.717, 1.165) is 6.42 Å². The number of likely N-dealkylation sites (tertiary alicyclic amines) is 1. The Morgan fingerprint density at radius 1 is 1.40 bits per heavy atom. The van der Waals surface area contributed by atoms with Crippen molar-refractivity contribution in [2.45, 2.75) is 24.9 Å². The van der Waals surface area contributed by atoms with Crippen molar-refractivity contribution in [3.05, 3.63) is 28.5 Å². The van der Waals surface area contributed by atoms with Crippen LogP contribution in [0.3, 0.4) is 0 Å². The molecular formula is C13H12BrFN2O3. The second kappa shape index (κ2) is 4.73. The van der Waals surface area contributed by atoms with Gasteiger partial charge in [-0.15, -0.1) is 0 Å². The standard InChI is InChI=1S/C13H12BrFN2O3/c14-7-2-1-3-8(11(7)15)16-12(18)10-5-6-4-9(6)17(10)13(19)20/h1-3,6,9-10H,4-5H2,(H,16,18)(H,19,20)/t6-,9-,10+/m1/s1. The van der Waals surface area contributed by atoms with Crippen LogP contribution in [0.2, 0.25) is 0 Å². The first-order valence-electron chi connectivity index (χ1n) is 6.25. The maximum atomic E-state index is 13.8. The van der Waals surface area contributed by atoms with Crippen molar-refractivity contribution in [2.24, 2.45) is 5.92 Å². The number of nitrogens with zero attached hydrogens (tertiary/aromatic N) is 1. The van der Waals surface area contributed by atoms with E-state index in [1.807, 2.05) is 0 Å². The molecule has 20 heavy (non-hydrogen) atoms. The fraction of sp³-hybridized carbons (Fsp3) is 0.385. The van der Waals surface area contributed by atoms with E-state index in [0.29, 0.717) is 6.42 Å². The highest BCUT2D eigenvalue weighted by Crippen LogP contribution is 2.48. The lowest BCUT2D eigenvalue weighted by molar-refractivity contribution is -0.120. The molecule has 3 atom stereocenters. The fourth-order valence-electron chi connectivity index (χ4n) is 2.78. The number of carboxylic acid groups (broad SMARTS) is 1. The van der Waals surface area contributed by atoms with Gasteiger partial charge in [0.2, 0.25) is 5.91 Å². The molecule has 2 aliphatic rings. The predicted molar refractivity (Wildman–Crippen MR) is 72.9 cm³/mol. The van der Waals surface area contributed by atoms with E-state index in [2.05, 4.69) is 21.2 Å². The maximum Gasteiger partial charge on any atom is 0.408 e. The Hall–Kier alpha value is -1.63. The number of fused-ring (bicyclic) bond motifs is 1. The number of carbonyl (C=O) groups is 2. The van der Waals surface area contributed by atoms with E-state index in [9.17, 15) is 14.0 Å². The lowest BCUT2D eigenvalue weighted by Crippen LogP contribution is -2.44. The molecule has 3 rings (SSSR count). The molecule has 1 aliphatic carbocycles. The number of hydrogen-bond donors (Lipinski definition) is 2. The third-order valence-corrected chi connectivity index (χ3v) is 4.45. The Kier molecular flexibility index (Phi) is 3.16. The van der Waals surface area contributed by atoms with Crippen molar-refractivity contribution in [2.75, 3.05) is 5.32 Å². The van der Waals surface area contributed by atoms with Crippen LogP contribution in [0.4, 0.5) is 14.9 Å². The van der Waals surface area contributed by atoms with Gasteiger partial charge in [0.25, 0.3) is 0 Å². The van der Waals surface area contributed by atoms with Gasteiger partial charge in [-0.05, 0) is 46.8 Å². The molecule has 0 spiro atoms. The quantitative estimate of drug-likeness (QED) is 0.867. The van der Waals surface area contributed by atoms with E-state index in [4.69, 9.17) is 5.11 Å². The molecule has 0 aromatic heterocycles. The molecule has 0 bridgehead atoms. The number of halogens is 2. The lowest BCUT2D eigenvalue weighted by Gasteiger charge is -2.23. The average molecular weight is 343 g/mol. The minimum atomic E-state index is -1.09. The van der Waals surface area contributed by atoms with Crippen LogP contribution < -0.4 is 5.32 Å². The van der Waals surface area contributed by atoms with Gasteiger partial charge in [-0.2, -0.15) is 0 Å². The Balaban J connectivity index is 1.76. The third-order valence-electron chi connectivity index (χ3n) is 3.84. The van der Waals surface area contributed by atoms with Gasteiger partial charge >= 0.3 is 6.09 Å². The Morgan fingerprint density at radius 2 is 2.15 bits per heavy atom. The Labute approximate surface area is 122 Å². The van der Waals surface area contributed by atoms with Crippen molar-refractivity contribution in [1.29, 1.82) is 0 Å². The Bertz CT molecular complexity index is 595. The number of anilines is 1. The summed E-state index contributed by atoms with van der Waals surface area (Å²) in [5, 5.41) is 11.6. The smallest absolute Gasteiger partial charge is 0.408 e.